The number of rotatable bonds is 5. The van der Waals surface area contributed by atoms with E-state index < -0.39 is 0 Å². The molecule has 0 aliphatic rings. The van der Waals surface area contributed by atoms with Crippen molar-refractivity contribution in [3.63, 3.8) is 0 Å². The first-order chi connectivity index (χ1) is 24.3. The molecule has 6 aromatic carbocycles. The van der Waals surface area contributed by atoms with E-state index in [1.165, 1.54) is 16.2 Å². The number of aromatic amines is 1. The predicted octanol–water partition coefficient (Wildman–Crippen LogP) is 11.5. The number of nitrogens with zero attached hydrogens (tertiary/aromatic N) is 4. The molecule has 0 amide bonds. The zero-order valence-electron chi connectivity index (χ0n) is 26.5. The van der Waals surface area contributed by atoms with E-state index in [0.717, 1.165) is 72.5 Å². The molecule has 0 spiro atoms. The van der Waals surface area contributed by atoms with Crippen LogP contribution in [0.5, 0.6) is 0 Å². The van der Waals surface area contributed by atoms with Gasteiger partial charge < -0.3 is 9.55 Å². The highest BCUT2D eigenvalue weighted by atomic mass is 15.2. The topological polar surface area (TPSA) is 49.7 Å². The quantitative estimate of drug-likeness (QED) is 0.207. The third kappa shape index (κ3) is 4.33. The van der Waals surface area contributed by atoms with Crippen LogP contribution in [0.15, 0.2) is 170 Å². The third-order valence-electron chi connectivity index (χ3n) is 9.57. The molecule has 0 aliphatic heterocycles. The molecule has 10 aromatic rings. The van der Waals surface area contributed by atoms with E-state index in [1.807, 2.05) is 18.3 Å². The normalized spacial score (nSPS) is 11.7. The van der Waals surface area contributed by atoms with Crippen molar-refractivity contribution in [2.24, 2.45) is 0 Å². The number of aromatic nitrogens is 4. The maximum absolute atomic E-state index is 5.46. The first kappa shape index (κ1) is 27.4. The standard InChI is InChI=1S/C44H29N5/c1-2-14-30(15-3-1)48-40-25-23-31(49(42-22-8-9-27-45-42)39-21-10-13-29-12-4-5-16-32(29)39)28-36(40)44-41(48)26-24-38(47-44)35-19-11-18-34-33-17-6-7-20-37(33)46-43(34)35/h1-28,46H. The van der Waals surface area contributed by atoms with Gasteiger partial charge in [0.25, 0.3) is 0 Å². The van der Waals surface area contributed by atoms with Crippen LogP contribution < -0.4 is 4.90 Å². The van der Waals surface area contributed by atoms with E-state index in [1.54, 1.807) is 0 Å². The van der Waals surface area contributed by atoms with Gasteiger partial charge in [0.2, 0.25) is 0 Å². The van der Waals surface area contributed by atoms with E-state index in [4.69, 9.17) is 9.97 Å². The molecule has 0 bridgehead atoms. The minimum absolute atomic E-state index is 0.851. The fourth-order valence-corrected chi connectivity index (χ4v) is 7.38. The average molecular weight is 628 g/mol. The van der Waals surface area contributed by atoms with Gasteiger partial charge in [-0.25, -0.2) is 9.97 Å². The second-order valence-corrected chi connectivity index (χ2v) is 12.4. The predicted molar refractivity (Wildman–Crippen MR) is 203 cm³/mol. The summed E-state index contributed by atoms with van der Waals surface area (Å²) >= 11 is 0. The molecule has 10 rings (SSSR count). The summed E-state index contributed by atoms with van der Waals surface area (Å²) < 4.78 is 2.32. The van der Waals surface area contributed by atoms with Crippen molar-refractivity contribution in [2.45, 2.75) is 0 Å². The lowest BCUT2D eigenvalue weighted by molar-refractivity contribution is 1.17. The number of H-pyrrole nitrogens is 1. The van der Waals surface area contributed by atoms with Crippen LogP contribution in [0.4, 0.5) is 17.2 Å². The van der Waals surface area contributed by atoms with Crippen LogP contribution in [0.1, 0.15) is 0 Å². The second kappa shape index (κ2) is 10.9. The number of benzene rings is 6. The molecule has 5 heteroatoms. The van der Waals surface area contributed by atoms with Crippen molar-refractivity contribution >= 4 is 71.7 Å². The summed E-state index contributed by atoms with van der Waals surface area (Å²) in [7, 11) is 0. The van der Waals surface area contributed by atoms with E-state index in [2.05, 4.69) is 166 Å². The largest absolute Gasteiger partial charge is 0.354 e. The minimum atomic E-state index is 0.851. The molecule has 5 nitrogen and oxygen atoms in total. The Balaban J connectivity index is 1.25. The fraction of sp³-hybridized carbons (Fsp3) is 0. The van der Waals surface area contributed by atoms with Gasteiger partial charge in [-0.2, -0.15) is 0 Å². The van der Waals surface area contributed by atoms with Crippen molar-refractivity contribution in [3.05, 3.63) is 170 Å². The first-order valence-electron chi connectivity index (χ1n) is 16.5. The molecule has 0 aliphatic carbocycles. The number of nitrogens with one attached hydrogen (secondary N) is 1. The van der Waals surface area contributed by atoms with Gasteiger partial charge in [0.1, 0.15) is 5.82 Å². The number of fused-ring (bicyclic) bond motifs is 7. The molecule has 49 heavy (non-hydrogen) atoms. The lowest BCUT2D eigenvalue weighted by atomic mass is 10.1. The molecule has 4 aromatic heterocycles. The summed E-state index contributed by atoms with van der Waals surface area (Å²) in [6.07, 6.45) is 1.85. The highest BCUT2D eigenvalue weighted by Gasteiger charge is 2.21. The van der Waals surface area contributed by atoms with Gasteiger partial charge in [-0.1, -0.05) is 97.1 Å². The molecule has 4 heterocycles. The zero-order valence-corrected chi connectivity index (χ0v) is 26.5. The SMILES string of the molecule is c1ccc(-n2c3ccc(N(c4ccccn4)c4cccc5ccccc45)cc3c3nc(-c4cccc5c4[nH]c4ccccc45)ccc32)cc1. The van der Waals surface area contributed by atoms with Crippen molar-refractivity contribution in [1.29, 1.82) is 0 Å². The Kier molecular flexibility index (Phi) is 6.11. The summed E-state index contributed by atoms with van der Waals surface area (Å²) in [6, 6.07) is 57.6. The molecule has 0 saturated carbocycles. The minimum Gasteiger partial charge on any atom is -0.354 e. The average Bonchev–Trinajstić information content (AvgIpc) is 3.71. The maximum Gasteiger partial charge on any atom is 0.137 e. The highest BCUT2D eigenvalue weighted by Crippen LogP contribution is 2.42. The summed E-state index contributed by atoms with van der Waals surface area (Å²) in [5.41, 5.74) is 10.5. The van der Waals surface area contributed by atoms with Crippen molar-refractivity contribution in [3.8, 4) is 16.9 Å². The Labute approximate surface area is 282 Å². The third-order valence-corrected chi connectivity index (χ3v) is 9.57. The summed E-state index contributed by atoms with van der Waals surface area (Å²) in [6.45, 7) is 0. The van der Waals surface area contributed by atoms with E-state index in [9.17, 15) is 0 Å². The Morgan fingerprint density at radius 2 is 1.31 bits per heavy atom. The molecule has 230 valence electrons. The molecule has 0 radical (unpaired) electrons. The van der Waals surface area contributed by atoms with Gasteiger partial charge in [0.05, 0.1) is 33.4 Å². The van der Waals surface area contributed by atoms with Gasteiger partial charge in [-0.15, -0.1) is 0 Å². The summed E-state index contributed by atoms with van der Waals surface area (Å²) in [5.74, 6) is 0.851. The number of hydrogen-bond acceptors (Lipinski definition) is 3. The van der Waals surface area contributed by atoms with Crippen LogP contribution in [0.25, 0.3) is 71.5 Å². The molecule has 0 atom stereocenters. The van der Waals surface area contributed by atoms with Gasteiger partial charge in [-0.05, 0) is 72.1 Å². The van der Waals surface area contributed by atoms with Gasteiger partial charge in [0.15, 0.2) is 0 Å². The highest BCUT2D eigenvalue weighted by molar-refractivity contribution is 6.13. The molecule has 0 saturated heterocycles. The molecule has 0 unspecified atom stereocenters. The van der Waals surface area contributed by atoms with Gasteiger partial charge in [0, 0.05) is 50.2 Å². The monoisotopic (exact) mass is 627 g/mol. The zero-order chi connectivity index (χ0) is 32.3. The lowest BCUT2D eigenvalue weighted by Gasteiger charge is -2.25. The molecule has 1 N–H and O–H groups in total. The van der Waals surface area contributed by atoms with E-state index >= 15 is 0 Å². The number of para-hydroxylation sites is 3. The van der Waals surface area contributed by atoms with Crippen LogP contribution in [0.3, 0.4) is 0 Å². The maximum atomic E-state index is 5.46. The van der Waals surface area contributed by atoms with Crippen molar-refractivity contribution in [1.82, 2.24) is 19.5 Å². The van der Waals surface area contributed by atoms with Crippen molar-refractivity contribution < 1.29 is 0 Å². The van der Waals surface area contributed by atoms with E-state index in [-0.39, 0.29) is 0 Å². The van der Waals surface area contributed by atoms with Gasteiger partial charge in [-0.3, -0.25) is 4.90 Å². The Hall–Kier alpha value is -6.72. The van der Waals surface area contributed by atoms with Gasteiger partial charge >= 0.3 is 0 Å². The van der Waals surface area contributed by atoms with Crippen molar-refractivity contribution in [2.75, 3.05) is 4.90 Å². The Bertz CT molecular complexity index is 2830. The van der Waals surface area contributed by atoms with Crippen LogP contribution in [0.2, 0.25) is 0 Å². The number of hydrogen-bond donors (Lipinski definition) is 1. The molecular formula is C44H29N5. The fourth-order valence-electron chi connectivity index (χ4n) is 7.38. The smallest absolute Gasteiger partial charge is 0.137 e. The van der Waals surface area contributed by atoms with E-state index in [0.29, 0.717) is 0 Å². The van der Waals surface area contributed by atoms with Crippen LogP contribution >= 0.6 is 0 Å². The van der Waals surface area contributed by atoms with Crippen LogP contribution in [-0.4, -0.2) is 19.5 Å². The summed E-state index contributed by atoms with van der Waals surface area (Å²) in [4.78, 5) is 16.2. The number of pyridine rings is 2. The first-order valence-corrected chi connectivity index (χ1v) is 16.5. The summed E-state index contributed by atoms with van der Waals surface area (Å²) in [5, 5.41) is 5.83. The molecule has 0 fully saturated rings. The second-order valence-electron chi connectivity index (χ2n) is 12.4. The molecular weight excluding hydrogens is 599 g/mol. The number of anilines is 3. The van der Waals surface area contributed by atoms with Crippen LogP contribution in [0, 0.1) is 0 Å². The Morgan fingerprint density at radius 1 is 0.551 bits per heavy atom. The Morgan fingerprint density at radius 3 is 2.20 bits per heavy atom. The van der Waals surface area contributed by atoms with Crippen LogP contribution in [-0.2, 0) is 0 Å². The lowest BCUT2D eigenvalue weighted by Crippen LogP contribution is -2.11.